The third kappa shape index (κ3) is 2.47. The third-order valence-electron chi connectivity index (χ3n) is 4.83. The minimum atomic E-state index is 0.354. The standard InChI is InChI=1S/C16H25N3O/c1-9(8-17)6-13-10(2)18-16(19-11(13)3)14-7-12-4-5-15(14)20-12/h9,12,14-15H,4-8,17H2,1-3H3. The van der Waals surface area contributed by atoms with Crippen LogP contribution in [-0.2, 0) is 11.2 Å². The highest BCUT2D eigenvalue weighted by molar-refractivity contribution is 5.26. The molecule has 0 radical (unpaired) electrons. The lowest BCUT2D eigenvalue weighted by molar-refractivity contribution is 0.0998. The van der Waals surface area contributed by atoms with Crippen LogP contribution in [0, 0.1) is 19.8 Å². The Morgan fingerprint density at radius 1 is 1.25 bits per heavy atom. The first kappa shape index (κ1) is 14.0. The summed E-state index contributed by atoms with van der Waals surface area (Å²) < 4.78 is 5.93. The number of fused-ring (bicyclic) bond motifs is 2. The van der Waals surface area contributed by atoms with Crippen LogP contribution in [0.3, 0.4) is 0 Å². The Labute approximate surface area is 121 Å². The Morgan fingerprint density at radius 3 is 2.45 bits per heavy atom. The monoisotopic (exact) mass is 275 g/mol. The van der Waals surface area contributed by atoms with E-state index in [0.29, 0.717) is 30.6 Å². The number of nitrogens with zero attached hydrogens (tertiary/aromatic N) is 2. The van der Waals surface area contributed by atoms with E-state index < -0.39 is 0 Å². The van der Waals surface area contributed by atoms with E-state index in [1.54, 1.807) is 0 Å². The largest absolute Gasteiger partial charge is 0.374 e. The minimum absolute atomic E-state index is 0.354. The highest BCUT2D eigenvalue weighted by atomic mass is 16.5. The molecule has 2 saturated heterocycles. The predicted molar refractivity (Wildman–Crippen MR) is 78.7 cm³/mol. The summed E-state index contributed by atoms with van der Waals surface area (Å²) in [6, 6.07) is 0. The van der Waals surface area contributed by atoms with Crippen LogP contribution in [0.15, 0.2) is 0 Å². The molecule has 0 aliphatic carbocycles. The zero-order valence-electron chi connectivity index (χ0n) is 12.7. The first-order valence-electron chi connectivity index (χ1n) is 7.78. The summed E-state index contributed by atoms with van der Waals surface area (Å²) in [6.45, 7) is 7.09. The van der Waals surface area contributed by atoms with Crippen LogP contribution in [0.4, 0.5) is 0 Å². The minimum Gasteiger partial charge on any atom is -0.374 e. The van der Waals surface area contributed by atoms with Crippen molar-refractivity contribution in [3.05, 3.63) is 22.8 Å². The molecule has 1 aromatic heterocycles. The highest BCUT2D eigenvalue weighted by Crippen LogP contribution is 2.43. The van der Waals surface area contributed by atoms with E-state index >= 15 is 0 Å². The highest BCUT2D eigenvalue weighted by Gasteiger charge is 2.43. The van der Waals surface area contributed by atoms with Crippen molar-refractivity contribution in [2.24, 2.45) is 11.7 Å². The maximum atomic E-state index is 5.93. The van der Waals surface area contributed by atoms with Gasteiger partial charge in [0.2, 0.25) is 0 Å². The molecule has 4 unspecified atom stereocenters. The summed E-state index contributed by atoms with van der Waals surface area (Å²) in [4.78, 5) is 9.58. The number of rotatable bonds is 4. The molecule has 0 spiro atoms. The molecule has 4 heteroatoms. The van der Waals surface area contributed by atoms with Gasteiger partial charge >= 0.3 is 0 Å². The summed E-state index contributed by atoms with van der Waals surface area (Å²) in [5, 5.41) is 0. The summed E-state index contributed by atoms with van der Waals surface area (Å²) in [6.07, 6.45) is 5.26. The van der Waals surface area contributed by atoms with E-state index in [0.717, 1.165) is 30.1 Å². The predicted octanol–water partition coefficient (Wildman–Crippen LogP) is 2.27. The van der Waals surface area contributed by atoms with Gasteiger partial charge in [-0.25, -0.2) is 9.97 Å². The Hall–Kier alpha value is -1.00. The lowest BCUT2D eigenvalue weighted by Gasteiger charge is -2.20. The zero-order chi connectivity index (χ0) is 14.3. The Bertz CT molecular complexity index is 479. The van der Waals surface area contributed by atoms with Crippen LogP contribution >= 0.6 is 0 Å². The zero-order valence-corrected chi connectivity index (χ0v) is 12.7. The first-order valence-corrected chi connectivity index (χ1v) is 7.78. The molecule has 2 bridgehead atoms. The van der Waals surface area contributed by atoms with E-state index in [9.17, 15) is 0 Å². The Balaban J connectivity index is 1.84. The second kappa shape index (κ2) is 5.41. The molecule has 110 valence electrons. The quantitative estimate of drug-likeness (QED) is 0.915. The van der Waals surface area contributed by atoms with Gasteiger partial charge in [-0.2, -0.15) is 0 Å². The van der Waals surface area contributed by atoms with Gasteiger partial charge in [-0.1, -0.05) is 6.92 Å². The SMILES string of the molecule is Cc1nc(C2CC3CCC2O3)nc(C)c1CC(C)CN. The molecular formula is C16H25N3O. The third-order valence-corrected chi connectivity index (χ3v) is 4.83. The topological polar surface area (TPSA) is 61.0 Å². The maximum absolute atomic E-state index is 5.93. The second-order valence-electron chi connectivity index (χ2n) is 6.49. The molecule has 2 fully saturated rings. The average Bonchev–Trinajstić information content (AvgIpc) is 3.04. The fourth-order valence-electron chi connectivity index (χ4n) is 3.57. The molecule has 0 saturated carbocycles. The van der Waals surface area contributed by atoms with Crippen LogP contribution in [-0.4, -0.2) is 28.7 Å². The first-order chi connectivity index (χ1) is 9.58. The van der Waals surface area contributed by atoms with Crippen molar-refractivity contribution in [3.8, 4) is 0 Å². The Morgan fingerprint density at radius 2 is 1.95 bits per heavy atom. The van der Waals surface area contributed by atoms with Crippen LogP contribution in [0.1, 0.15) is 54.9 Å². The smallest absolute Gasteiger partial charge is 0.134 e. The van der Waals surface area contributed by atoms with E-state index in [1.165, 1.54) is 18.4 Å². The number of hydrogen-bond acceptors (Lipinski definition) is 4. The average molecular weight is 275 g/mol. The number of aryl methyl sites for hydroxylation is 2. The molecule has 3 heterocycles. The van der Waals surface area contributed by atoms with E-state index in [1.807, 2.05) is 0 Å². The van der Waals surface area contributed by atoms with E-state index in [2.05, 4.69) is 20.8 Å². The summed E-state index contributed by atoms with van der Waals surface area (Å²) >= 11 is 0. The second-order valence-corrected chi connectivity index (χ2v) is 6.49. The molecule has 20 heavy (non-hydrogen) atoms. The van der Waals surface area contributed by atoms with Crippen molar-refractivity contribution in [1.82, 2.24) is 9.97 Å². The van der Waals surface area contributed by atoms with Crippen LogP contribution in [0.25, 0.3) is 0 Å². The van der Waals surface area contributed by atoms with Crippen LogP contribution in [0.2, 0.25) is 0 Å². The molecule has 3 rings (SSSR count). The Kier molecular flexibility index (Phi) is 3.78. The molecule has 2 N–H and O–H groups in total. The fraction of sp³-hybridized carbons (Fsp3) is 0.750. The molecule has 2 aliphatic rings. The summed E-state index contributed by atoms with van der Waals surface area (Å²) in [7, 11) is 0. The van der Waals surface area contributed by atoms with Crippen molar-refractivity contribution < 1.29 is 4.74 Å². The molecule has 4 nitrogen and oxygen atoms in total. The molecular weight excluding hydrogens is 250 g/mol. The lowest BCUT2D eigenvalue weighted by atomic mass is 9.88. The van der Waals surface area contributed by atoms with Gasteiger partial charge in [-0.15, -0.1) is 0 Å². The van der Waals surface area contributed by atoms with Crippen LogP contribution < -0.4 is 5.73 Å². The van der Waals surface area contributed by atoms with Crippen molar-refractivity contribution in [1.29, 1.82) is 0 Å². The molecule has 2 aliphatic heterocycles. The molecule has 4 atom stereocenters. The number of nitrogens with two attached hydrogens (primary N) is 1. The van der Waals surface area contributed by atoms with E-state index in [4.69, 9.17) is 20.4 Å². The maximum Gasteiger partial charge on any atom is 0.134 e. The van der Waals surface area contributed by atoms with Crippen molar-refractivity contribution >= 4 is 0 Å². The normalized spacial score (nSPS) is 29.9. The van der Waals surface area contributed by atoms with Crippen molar-refractivity contribution in [3.63, 3.8) is 0 Å². The summed E-state index contributed by atoms with van der Waals surface area (Å²) in [5.74, 6) is 1.89. The number of hydrogen-bond donors (Lipinski definition) is 1. The van der Waals surface area contributed by atoms with Gasteiger partial charge in [0, 0.05) is 17.3 Å². The van der Waals surface area contributed by atoms with Gasteiger partial charge in [0.05, 0.1) is 12.2 Å². The van der Waals surface area contributed by atoms with Crippen molar-refractivity contribution in [2.75, 3.05) is 6.54 Å². The summed E-state index contributed by atoms with van der Waals surface area (Å²) in [5.41, 5.74) is 9.25. The van der Waals surface area contributed by atoms with Gasteiger partial charge < -0.3 is 10.5 Å². The fourth-order valence-corrected chi connectivity index (χ4v) is 3.57. The van der Waals surface area contributed by atoms with Crippen LogP contribution in [0.5, 0.6) is 0 Å². The molecule has 0 amide bonds. The van der Waals surface area contributed by atoms with Crippen molar-refractivity contribution in [2.45, 2.75) is 64.6 Å². The lowest BCUT2D eigenvalue weighted by Crippen LogP contribution is -2.20. The number of aromatic nitrogens is 2. The molecule has 0 aromatic carbocycles. The van der Waals surface area contributed by atoms with E-state index in [-0.39, 0.29) is 0 Å². The number of ether oxygens (including phenoxy) is 1. The van der Waals surface area contributed by atoms with Gasteiger partial charge in [0.1, 0.15) is 5.82 Å². The van der Waals surface area contributed by atoms with Gasteiger partial charge in [-0.3, -0.25) is 0 Å². The van der Waals surface area contributed by atoms with Gasteiger partial charge in [0.15, 0.2) is 0 Å². The van der Waals surface area contributed by atoms with Gasteiger partial charge in [-0.05, 0) is 57.6 Å². The molecule has 1 aromatic rings. The van der Waals surface area contributed by atoms with Gasteiger partial charge in [0.25, 0.3) is 0 Å².